The molecule has 1 aliphatic heterocycles. The summed E-state index contributed by atoms with van der Waals surface area (Å²) in [7, 11) is 0. The second-order valence-corrected chi connectivity index (χ2v) is 4.49. The Morgan fingerprint density at radius 3 is 2.29 bits per heavy atom. The van der Waals surface area contributed by atoms with Crippen LogP contribution in [0, 0.1) is 0 Å². The molecule has 2 rings (SSSR count). The fourth-order valence-corrected chi connectivity index (χ4v) is 2.64. The molecule has 4 N–H and O–H groups in total. The zero-order valence-electron chi connectivity index (χ0n) is 8.79. The fraction of sp³-hybridized carbons (Fsp3) is 1.00. The maximum atomic E-state index is 6.37. The van der Waals surface area contributed by atoms with E-state index in [1.54, 1.807) is 0 Å². The number of hydrogen-bond donors (Lipinski definition) is 2. The molecule has 1 aliphatic carbocycles. The van der Waals surface area contributed by atoms with Crippen molar-refractivity contribution < 1.29 is 9.47 Å². The standard InChI is InChI=1S/C10H20N2O2/c1-8(11)9(12)4-2-3-5-10(9)13-6-7-14-10/h8H,2-7,11-12H2,1H3/t8?,9-/m1/s1. The molecule has 0 bridgehead atoms. The van der Waals surface area contributed by atoms with E-state index in [1.165, 1.54) is 0 Å². The van der Waals surface area contributed by atoms with Gasteiger partial charge in [-0.2, -0.15) is 0 Å². The molecule has 14 heavy (non-hydrogen) atoms. The van der Waals surface area contributed by atoms with E-state index in [1.807, 2.05) is 6.92 Å². The van der Waals surface area contributed by atoms with Crippen molar-refractivity contribution in [1.82, 2.24) is 0 Å². The van der Waals surface area contributed by atoms with Gasteiger partial charge in [0.2, 0.25) is 0 Å². The van der Waals surface area contributed by atoms with Gasteiger partial charge in [-0.1, -0.05) is 6.42 Å². The highest BCUT2D eigenvalue weighted by Crippen LogP contribution is 2.43. The van der Waals surface area contributed by atoms with E-state index in [0.29, 0.717) is 13.2 Å². The molecule has 0 aromatic heterocycles. The van der Waals surface area contributed by atoms with Crippen molar-refractivity contribution in [3.8, 4) is 0 Å². The second kappa shape index (κ2) is 3.45. The van der Waals surface area contributed by atoms with Crippen molar-refractivity contribution in [3.63, 3.8) is 0 Å². The summed E-state index contributed by atoms with van der Waals surface area (Å²) in [6, 6.07) is -0.0964. The van der Waals surface area contributed by atoms with Crippen molar-refractivity contribution in [2.24, 2.45) is 11.5 Å². The molecular weight excluding hydrogens is 180 g/mol. The summed E-state index contributed by atoms with van der Waals surface area (Å²) in [6.07, 6.45) is 4.01. The van der Waals surface area contributed by atoms with Crippen LogP contribution in [0.25, 0.3) is 0 Å². The van der Waals surface area contributed by atoms with E-state index < -0.39 is 11.3 Å². The Labute approximate surface area is 84.9 Å². The van der Waals surface area contributed by atoms with Crippen molar-refractivity contribution in [2.45, 2.75) is 50.0 Å². The predicted octanol–water partition coefficient (Wildman–Crippen LogP) is 0.348. The maximum absolute atomic E-state index is 6.37. The van der Waals surface area contributed by atoms with Gasteiger partial charge in [-0.3, -0.25) is 0 Å². The summed E-state index contributed by atoms with van der Waals surface area (Å²) in [4.78, 5) is 0. The molecule has 0 radical (unpaired) electrons. The van der Waals surface area contributed by atoms with Crippen LogP contribution in [0.4, 0.5) is 0 Å². The minimum Gasteiger partial charge on any atom is -0.346 e. The molecule has 1 spiro atoms. The molecule has 2 fully saturated rings. The van der Waals surface area contributed by atoms with E-state index in [0.717, 1.165) is 25.7 Å². The molecule has 0 aromatic carbocycles. The fourth-order valence-electron chi connectivity index (χ4n) is 2.64. The minimum absolute atomic E-state index is 0.0964. The topological polar surface area (TPSA) is 70.5 Å². The van der Waals surface area contributed by atoms with E-state index in [9.17, 15) is 0 Å². The summed E-state index contributed by atoms with van der Waals surface area (Å²) < 4.78 is 11.5. The molecule has 1 unspecified atom stereocenters. The first kappa shape index (κ1) is 10.4. The van der Waals surface area contributed by atoms with Gasteiger partial charge in [-0.25, -0.2) is 0 Å². The lowest BCUT2D eigenvalue weighted by atomic mass is 9.73. The van der Waals surface area contributed by atoms with Gasteiger partial charge >= 0.3 is 0 Å². The van der Waals surface area contributed by atoms with E-state index in [-0.39, 0.29) is 6.04 Å². The lowest BCUT2D eigenvalue weighted by Gasteiger charge is -2.49. The third-order valence-corrected chi connectivity index (χ3v) is 3.62. The van der Waals surface area contributed by atoms with Crippen LogP contribution in [-0.2, 0) is 9.47 Å². The van der Waals surface area contributed by atoms with Crippen molar-refractivity contribution in [3.05, 3.63) is 0 Å². The number of nitrogens with two attached hydrogens (primary N) is 2. The lowest BCUT2D eigenvalue weighted by Crippen LogP contribution is -2.70. The third kappa shape index (κ3) is 1.29. The van der Waals surface area contributed by atoms with Crippen molar-refractivity contribution in [1.29, 1.82) is 0 Å². The minimum atomic E-state index is -0.598. The molecule has 0 aromatic rings. The Morgan fingerprint density at radius 1 is 1.14 bits per heavy atom. The van der Waals surface area contributed by atoms with E-state index >= 15 is 0 Å². The molecule has 4 heteroatoms. The quantitative estimate of drug-likeness (QED) is 0.640. The molecule has 0 amide bonds. The average molecular weight is 200 g/mol. The van der Waals surface area contributed by atoms with Crippen LogP contribution < -0.4 is 11.5 Å². The Hall–Kier alpha value is -0.160. The Balaban J connectivity index is 2.26. The Bertz CT molecular complexity index is 208. The van der Waals surface area contributed by atoms with Gasteiger partial charge in [0, 0.05) is 12.5 Å². The van der Waals surface area contributed by atoms with Crippen LogP contribution in [0.5, 0.6) is 0 Å². The molecule has 1 saturated heterocycles. The van der Waals surface area contributed by atoms with Gasteiger partial charge in [0.15, 0.2) is 5.79 Å². The summed E-state index contributed by atoms with van der Waals surface area (Å²) in [5, 5.41) is 0. The normalized spacial score (nSPS) is 38.8. The SMILES string of the molecule is CC(N)[C@]1(N)CCCCC12OCCO2. The molecule has 1 heterocycles. The monoisotopic (exact) mass is 200 g/mol. The summed E-state index contributed by atoms with van der Waals surface area (Å²) in [5.41, 5.74) is 11.8. The van der Waals surface area contributed by atoms with Gasteiger partial charge in [-0.15, -0.1) is 0 Å². The van der Waals surface area contributed by atoms with Gasteiger partial charge in [0.05, 0.1) is 18.8 Å². The van der Waals surface area contributed by atoms with Crippen LogP contribution in [0.3, 0.4) is 0 Å². The zero-order valence-corrected chi connectivity index (χ0v) is 8.79. The first-order chi connectivity index (χ1) is 6.61. The van der Waals surface area contributed by atoms with Crippen LogP contribution in [-0.4, -0.2) is 30.6 Å². The van der Waals surface area contributed by atoms with Crippen molar-refractivity contribution in [2.75, 3.05) is 13.2 Å². The average Bonchev–Trinajstić information content (AvgIpc) is 2.60. The van der Waals surface area contributed by atoms with Crippen LogP contribution in [0.15, 0.2) is 0 Å². The second-order valence-electron chi connectivity index (χ2n) is 4.49. The smallest absolute Gasteiger partial charge is 0.188 e. The lowest BCUT2D eigenvalue weighted by molar-refractivity contribution is -0.226. The van der Waals surface area contributed by atoms with Crippen molar-refractivity contribution >= 4 is 0 Å². The van der Waals surface area contributed by atoms with E-state index in [4.69, 9.17) is 20.9 Å². The number of ether oxygens (including phenoxy) is 2. The van der Waals surface area contributed by atoms with Gasteiger partial charge < -0.3 is 20.9 Å². The summed E-state index contributed by atoms with van der Waals surface area (Å²) >= 11 is 0. The first-order valence-electron chi connectivity index (χ1n) is 5.43. The Kier molecular flexibility index (Phi) is 2.55. The van der Waals surface area contributed by atoms with Gasteiger partial charge in [-0.05, 0) is 19.8 Å². The van der Waals surface area contributed by atoms with Crippen LogP contribution in [0.2, 0.25) is 0 Å². The summed E-state index contributed by atoms with van der Waals surface area (Å²) in [6.45, 7) is 3.23. The Morgan fingerprint density at radius 2 is 1.71 bits per heavy atom. The highest BCUT2D eigenvalue weighted by atomic mass is 16.7. The van der Waals surface area contributed by atoms with Crippen LogP contribution in [0.1, 0.15) is 32.6 Å². The molecular formula is C10H20N2O2. The molecule has 82 valence electrons. The predicted molar refractivity (Wildman–Crippen MR) is 53.7 cm³/mol. The number of rotatable bonds is 1. The van der Waals surface area contributed by atoms with Crippen LogP contribution >= 0.6 is 0 Å². The molecule has 2 atom stereocenters. The maximum Gasteiger partial charge on any atom is 0.188 e. The highest BCUT2D eigenvalue weighted by molar-refractivity contribution is 5.08. The third-order valence-electron chi connectivity index (χ3n) is 3.62. The zero-order chi connectivity index (χ0) is 10.2. The largest absolute Gasteiger partial charge is 0.346 e. The highest BCUT2D eigenvalue weighted by Gasteiger charge is 2.56. The summed E-state index contributed by atoms with van der Waals surface area (Å²) in [5.74, 6) is -0.598. The molecule has 2 aliphatic rings. The number of hydrogen-bond acceptors (Lipinski definition) is 4. The molecule has 1 saturated carbocycles. The van der Waals surface area contributed by atoms with E-state index in [2.05, 4.69) is 0 Å². The molecule has 4 nitrogen and oxygen atoms in total. The first-order valence-corrected chi connectivity index (χ1v) is 5.43. The van der Waals surface area contributed by atoms with Gasteiger partial charge in [0.1, 0.15) is 0 Å². The van der Waals surface area contributed by atoms with Gasteiger partial charge in [0.25, 0.3) is 0 Å².